The molecule has 3 aromatic rings. The van der Waals surface area contributed by atoms with Crippen LogP contribution in [0.15, 0.2) is 67.0 Å². The zero-order valence-electron chi connectivity index (χ0n) is 19.6. The zero-order chi connectivity index (χ0) is 25.8. The van der Waals surface area contributed by atoms with Crippen molar-refractivity contribution >= 4 is 39.9 Å². The number of carbonyl (C=O) groups is 3. The number of aryl methyl sites for hydroxylation is 1. The van der Waals surface area contributed by atoms with Gasteiger partial charge in [0.1, 0.15) is 23.0 Å². The summed E-state index contributed by atoms with van der Waals surface area (Å²) in [5.74, 6) is -2.08. The number of rotatable bonds is 8. The van der Waals surface area contributed by atoms with Crippen LogP contribution in [-0.2, 0) is 14.3 Å². The minimum Gasteiger partial charge on any atom is -0.507 e. The van der Waals surface area contributed by atoms with Crippen LogP contribution in [0.3, 0.4) is 0 Å². The Labute approximate surface area is 211 Å². The van der Waals surface area contributed by atoms with Crippen molar-refractivity contribution in [1.82, 2.24) is 9.97 Å². The third-order valence-corrected chi connectivity index (χ3v) is 6.55. The SMILES string of the molecule is C=CCOc1ccc(C(O)=C2C(=O)C(=O)N(c3nc(C)c(C(=O)OCC)s3)C2c2ccncc2)cc1. The Morgan fingerprint density at radius 1 is 1.19 bits per heavy atom. The second kappa shape index (κ2) is 10.5. The Hall–Kier alpha value is -4.31. The highest BCUT2D eigenvalue weighted by atomic mass is 32.1. The van der Waals surface area contributed by atoms with Gasteiger partial charge in [-0.05, 0) is 55.8 Å². The Bertz CT molecular complexity index is 1350. The third-order valence-electron chi connectivity index (χ3n) is 5.41. The van der Waals surface area contributed by atoms with Gasteiger partial charge in [-0.1, -0.05) is 24.0 Å². The molecule has 1 N–H and O–H groups in total. The number of amides is 1. The van der Waals surface area contributed by atoms with E-state index in [1.807, 2.05) is 0 Å². The molecule has 1 aliphatic heterocycles. The first kappa shape index (κ1) is 24.8. The number of Topliss-reactive ketones (excluding diaryl/α,β-unsaturated/α-hetero) is 1. The first-order valence-corrected chi connectivity index (χ1v) is 11.9. The van der Waals surface area contributed by atoms with Gasteiger partial charge >= 0.3 is 11.9 Å². The minimum atomic E-state index is -0.981. The summed E-state index contributed by atoms with van der Waals surface area (Å²) in [7, 11) is 0. The molecule has 1 unspecified atom stereocenters. The number of benzene rings is 1. The van der Waals surface area contributed by atoms with Crippen molar-refractivity contribution in [3.63, 3.8) is 0 Å². The molecule has 2 aromatic heterocycles. The standard InChI is InChI=1S/C26H23N3O6S/c1-4-14-35-18-8-6-17(7-9-18)21(30)19-20(16-10-12-27-13-11-16)29(24(32)22(19)31)26-28-15(3)23(36-26)25(33)34-5-2/h4,6-13,20,30H,1,5,14H2,2-3H3. The molecular formula is C26H23N3O6S. The summed E-state index contributed by atoms with van der Waals surface area (Å²) >= 11 is 0.951. The normalized spacial score (nSPS) is 16.7. The van der Waals surface area contributed by atoms with Crippen molar-refractivity contribution in [2.24, 2.45) is 0 Å². The largest absolute Gasteiger partial charge is 0.507 e. The van der Waals surface area contributed by atoms with Crippen molar-refractivity contribution in [2.75, 3.05) is 18.1 Å². The number of ketones is 1. The Kier molecular flexibility index (Phi) is 7.25. The highest BCUT2D eigenvalue weighted by molar-refractivity contribution is 7.17. The van der Waals surface area contributed by atoms with E-state index in [0.717, 1.165) is 11.3 Å². The molecule has 1 aliphatic rings. The molecule has 9 nitrogen and oxygen atoms in total. The Balaban J connectivity index is 1.83. The number of hydrogen-bond donors (Lipinski definition) is 1. The maximum Gasteiger partial charge on any atom is 0.350 e. The van der Waals surface area contributed by atoms with E-state index in [1.54, 1.807) is 56.3 Å². The zero-order valence-corrected chi connectivity index (χ0v) is 20.4. The molecule has 1 amide bonds. The molecule has 184 valence electrons. The number of ether oxygens (including phenoxy) is 2. The van der Waals surface area contributed by atoms with Crippen LogP contribution >= 0.6 is 11.3 Å². The molecule has 0 aliphatic carbocycles. The summed E-state index contributed by atoms with van der Waals surface area (Å²) in [6.45, 7) is 7.42. The van der Waals surface area contributed by atoms with Crippen LogP contribution in [0.5, 0.6) is 5.75 Å². The van der Waals surface area contributed by atoms with Crippen LogP contribution in [0.4, 0.5) is 5.13 Å². The fourth-order valence-electron chi connectivity index (χ4n) is 3.78. The number of esters is 1. The van der Waals surface area contributed by atoms with Gasteiger partial charge in [-0.25, -0.2) is 9.78 Å². The highest BCUT2D eigenvalue weighted by Crippen LogP contribution is 2.43. The van der Waals surface area contributed by atoms with Crippen LogP contribution in [0.2, 0.25) is 0 Å². The van der Waals surface area contributed by atoms with Gasteiger partial charge in [0.15, 0.2) is 5.13 Å². The number of aliphatic hydroxyl groups is 1. The lowest BCUT2D eigenvalue weighted by Gasteiger charge is -2.22. The lowest BCUT2D eigenvalue weighted by atomic mass is 9.96. The van der Waals surface area contributed by atoms with Gasteiger partial charge in [0.2, 0.25) is 0 Å². The van der Waals surface area contributed by atoms with Gasteiger partial charge in [0.25, 0.3) is 5.78 Å². The van der Waals surface area contributed by atoms with Crippen LogP contribution in [0.25, 0.3) is 5.76 Å². The van der Waals surface area contributed by atoms with E-state index in [4.69, 9.17) is 9.47 Å². The summed E-state index contributed by atoms with van der Waals surface area (Å²) < 4.78 is 10.6. The smallest absolute Gasteiger partial charge is 0.350 e. The van der Waals surface area contributed by atoms with E-state index in [1.165, 1.54) is 17.3 Å². The summed E-state index contributed by atoms with van der Waals surface area (Å²) in [4.78, 5) is 48.7. The van der Waals surface area contributed by atoms with Crippen molar-refractivity contribution in [3.05, 3.63) is 88.7 Å². The summed E-state index contributed by atoms with van der Waals surface area (Å²) in [5.41, 5.74) is 1.15. The van der Waals surface area contributed by atoms with Crippen LogP contribution in [0, 0.1) is 6.92 Å². The van der Waals surface area contributed by atoms with Crippen LogP contribution in [0.1, 0.15) is 39.5 Å². The molecule has 3 heterocycles. The molecule has 1 atom stereocenters. The van der Waals surface area contributed by atoms with Crippen LogP contribution < -0.4 is 9.64 Å². The van der Waals surface area contributed by atoms with E-state index in [9.17, 15) is 19.5 Å². The molecule has 4 rings (SSSR count). The molecule has 1 aromatic carbocycles. The maximum atomic E-state index is 13.3. The summed E-state index contributed by atoms with van der Waals surface area (Å²) in [6.07, 6.45) is 4.66. The van der Waals surface area contributed by atoms with Crippen molar-refractivity contribution < 1.29 is 29.0 Å². The van der Waals surface area contributed by atoms with Crippen molar-refractivity contribution in [1.29, 1.82) is 0 Å². The average molecular weight is 506 g/mol. The van der Waals surface area contributed by atoms with Gasteiger partial charge in [-0.15, -0.1) is 0 Å². The molecule has 0 bridgehead atoms. The number of nitrogens with zero attached hydrogens (tertiary/aromatic N) is 3. The molecule has 1 saturated heterocycles. The lowest BCUT2D eigenvalue weighted by molar-refractivity contribution is -0.132. The fraction of sp³-hybridized carbons (Fsp3) is 0.192. The van der Waals surface area contributed by atoms with Gasteiger partial charge in [0, 0.05) is 18.0 Å². The Morgan fingerprint density at radius 3 is 2.53 bits per heavy atom. The average Bonchev–Trinajstić information content (AvgIpc) is 3.40. The molecule has 0 radical (unpaired) electrons. The number of anilines is 1. The van der Waals surface area contributed by atoms with Crippen molar-refractivity contribution in [2.45, 2.75) is 19.9 Å². The number of pyridine rings is 1. The topological polar surface area (TPSA) is 119 Å². The fourth-order valence-corrected chi connectivity index (χ4v) is 4.77. The van der Waals surface area contributed by atoms with E-state index < -0.39 is 23.7 Å². The maximum absolute atomic E-state index is 13.3. The van der Waals surface area contributed by atoms with Gasteiger partial charge in [0.05, 0.1) is 23.9 Å². The third kappa shape index (κ3) is 4.63. The second-order valence-electron chi connectivity index (χ2n) is 7.71. The summed E-state index contributed by atoms with van der Waals surface area (Å²) in [5, 5.41) is 11.4. The number of thiazole rings is 1. The predicted molar refractivity (Wildman–Crippen MR) is 134 cm³/mol. The Morgan fingerprint density at radius 2 is 1.89 bits per heavy atom. The van der Waals surface area contributed by atoms with Crippen LogP contribution in [-0.4, -0.2) is 45.9 Å². The predicted octanol–water partition coefficient (Wildman–Crippen LogP) is 4.21. The van der Waals surface area contributed by atoms with Gasteiger partial charge in [-0.2, -0.15) is 0 Å². The molecule has 36 heavy (non-hydrogen) atoms. The van der Waals surface area contributed by atoms with E-state index in [-0.39, 0.29) is 27.9 Å². The minimum absolute atomic E-state index is 0.100. The highest BCUT2D eigenvalue weighted by Gasteiger charge is 2.48. The van der Waals surface area contributed by atoms with E-state index in [2.05, 4.69) is 16.5 Å². The van der Waals surface area contributed by atoms with E-state index >= 15 is 0 Å². The first-order chi connectivity index (χ1) is 17.4. The molecule has 0 spiro atoms. The van der Waals surface area contributed by atoms with Gasteiger partial charge in [-0.3, -0.25) is 19.5 Å². The number of carbonyl (C=O) groups excluding carboxylic acids is 3. The summed E-state index contributed by atoms with van der Waals surface area (Å²) in [6, 6.07) is 8.79. The van der Waals surface area contributed by atoms with E-state index in [0.29, 0.717) is 29.2 Å². The van der Waals surface area contributed by atoms with Gasteiger partial charge < -0.3 is 14.6 Å². The second-order valence-corrected chi connectivity index (χ2v) is 8.68. The number of aliphatic hydroxyl groups excluding tert-OH is 1. The molecule has 0 saturated carbocycles. The van der Waals surface area contributed by atoms with Crippen molar-refractivity contribution in [3.8, 4) is 5.75 Å². The molecular weight excluding hydrogens is 482 g/mol. The quantitative estimate of drug-likeness (QED) is 0.159. The molecule has 1 fully saturated rings. The monoisotopic (exact) mass is 505 g/mol. The lowest BCUT2D eigenvalue weighted by Crippen LogP contribution is -2.29. The number of hydrogen-bond acceptors (Lipinski definition) is 9. The first-order valence-electron chi connectivity index (χ1n) is 11.1. The molecule has 10 heteroatoms. The number of aromatic nitrogens is 2.